The summed E-state index contributed by atoms with van der Waals surface area (Å²) in [5.74, 6) is 0.472. The summed E-state index contributed by atoms with van der Waals surface area (Å²) in [6.45, 7) is 0.126. The van der Waals surface area contributed by atoms with E-state index in [9.17, 15) is 8.42 Å². The number of pyridine rings is 1. The molecule has 0 aliphatic rings. The summed E-state index contributed by atoms with van der Waals surface area (Å²) in [4.78, 5) is 4.12. The number of benzene rings is 1. The summed E-state index contributed by atoms with van der Waals surface area (Å²) >= 11 is 3.21. The molecule has 2 aromatic rings. The molecule has 1 heterocycles. The molecule has 0 saturated heterocycles. The first-order valence-electron chi connectivity index (χ1n) is 5.96. The smallest absolute Gasteiger partial charge is 0.242 e. The van der Waals surface area contributed by atoms with E-state index in [0.29, 0.717) is 16.0 Å². The van der Waals surface area contributed by atoms with Gasteiger partial charge in [-0.25, -0.2) is 18.1 Å². The third-order valence-corrected chi connectivity index (χ3v) is 5.11. The molecule has 0 bridgehead atoms. The number of nitrogens with two attached hydrogens (primary N) is 1. The molecule has 0 spiro atoms. The Balaban J connectivity index is 2.15. The zero-order valence-electron chi connectivity index (χ0n) is 11.2. The fourth-order valence-corrected chi connectivity index (χ4v) is 3.63. The SMILES string of the molecule is COc1ccc(CNS(=O)(=O)c2cc(N)ccc2Br)cn1. The zero-order chi connectivity index (χ0) is 15.5. The molecule has 0 radical (unpaired) electrons. The first kappa shape index (κ1) is 15.7. The number of sulfonamides is 1. The lowest BCUT2D eigenvalue weighted by Crippen LogP contribution is -2.23. The van der Waals surface area contributed by atoms with E-state index in [0.717, 1.165) is 5.56 Å². The van der Waals surface area contributed by atoms with Crippen LogP contribution in [0.15, 0.2) is 45.9 Å². The number of halogens is 1. The van der Waals surface area contributed by atoms with E-state index in [4.69, 9.17) is 10.5 Å². The van der Waals surface area contributed by atoms with Crippen LogP contribution in [0.25, 0.3) is 0 Å². The van der Waals surface area contributed by atoms with E-state index in [1.165, 1.54) is 13.2 Å². The lowest BCUT2D eigenvalue weighted by atomic mass is 10.3. The van der Waals surface area contributed by atoms with E-state index in [1.54, 1.807) is 30.5 Å². The maximum atomic E-state index is 12.3. The summed E-state index contributed by atoms with van der Waals surface area (Å²) in [5.41, 5.74) is 6.73. The van der Waals surface area contributed by atoms with Crippen molar-refractivity contribution in [2.45, 2.75) is 11.4 Å². The Labute approximate surface area is 131 Å². The molecule has 0 saturated carbocycles. The van der Waals surface area contributed by atoms with Crippen molar-refractivity contribution in [2.75, 3.05) is 12.8 Å². The van der Waals surface area contributed by atoms with Crippen molar-refractivity contribution < 1.29 is 13.2 Å². The van der Waals surface area contributed by atoms with Crippen LogP contribution in [0.1, 0.15) is 5.56 Å². The van der Waals surface area contributed by atoms with Crippen LogP contribution in [0.5, 0.6) is 5.88 Å². The lowest BCUT2D eigenvalue weighted by molar-refractivity contribution is 0.397. The second-order valence-electron chi connectivity index (χ2n) is 4.22. The zero-order valence-corrected chi connectivity index (χ0v) is 13.6. The highest BCUT2D eigenvalue weighted by Crippen LogP contribution is 2.24. The predicted octanol–water partition coefficient (Wildman–Crippen LogP) is 1.91. The second-order valence-corrected chi connectivity index (χ2v) is 6.81. The van der Waals surface area contributed by atoms with Crippen LogP contribution >= 0.6 is 15.9 Å². The van der Waals surface area contributed by atoms with E-state index >= 15 is 0 Å². The highest BCUT2D eigenvalue weighted by molar-refractivity contribution is 9.10. The minimum absolute atomic E-state index is 0.101. The highest BCUT2D eigenvalue weighted by Gasteiger charge is 2.17. The summed E-state index contributed by atoms with van der Waals surface area (Å²) in [6.07, 6.45) is 1.55. The number of methoxy groups -OCH3 is 1. The van der Waals surface area contributed by atoms with Gasteiger partial charge in [0, 0.05) is 29.0 Å². The summed E-state index contributed by atoms with van der Waals surface area (Å²) in [7, 11) is -2.15. The monoisotopic (exact) mass is 371 g/mol. The molecule has 0 aliphatic carbocycles. The van der Waals surface area contributed by atoms with Gasteiger partial charge in [-0.15, -0.1) is 0 Å². The number of nitrogen functional groups attached to an aromatic ring is 1. The minimum atomic E-state index is -3.66. The Bertz CT molecular complexity index is 733. The molecule has 0 atom stereocenters. The molecule has 6 nitrogen and oxygen atoms in total. The third-order valence-electron chi connectivity index (χ3n) is 2.72. The van der Waals surface area contributed by atoms with E-state index < -0.39 is 10.0 Å². The van der Waals surface area contributed by atoms with Crippen LogP contribution in [0.4, 0.5) is 5.69 Å². The third kappa shape index (κ3) is 3.93. The molecule has 2 rings (SSSR count). The molecular formula is C13H14BrN3O3S. The minimum Gasteiger partial charge on any atom is -0.481 e. The van der Waals surface area contributed by atoms with Crippen LogP contribution in [0.3, 0.4) is 0 Å². The summed E-state index contributed by atoms with van der Waals surface area (Å²) < 4.78 is 32.4. The van der Waals surface area contributed by atoms with Crippen molar-refractivity contribution in [3.63, 3.8) is 0 Å². The van der Waals surface area contributed by atoms with Gasteiger partial charge in [-0.2, -0.15) is 0 Å². The second kappa shape index (κ2) is 6.42. The topological polar surface area (TPSA) is 94.3 Å². The summed E-state index contributed by atoms with van der Waals surface area (Å²) in [5, 5.41) is 0. The number of nitrogens with one attached hydrogen (secondary N) is 1. The molecule has 0 amide bonds. The van der Waals surface area contributed by atoms with Crippen molar-refractivity contribution >= 4 is 31.6 Å². The number of rotatable bonds is 5. The van der Waals surface area contributed by atoms with Crippen molar-refractivity contribution in [1.82, 2.24) is 9.71 Å². The van der Waals surface area contributed by atoms with Gasteiger partial charge in [-0.05, 0) is 39.7 Å². The molecule has 3 N–H and O–H groups in total. The van der Waals surface area contributed by atoms with Crippen LogP contribution in [-0.2, 0) is 16.6 Å². The number of nitrogens with zero attached hydrogens (tertiary/aromatic N) is 1. The number of hydrogen-bond donors (Lipinski definition) is 2. The molecule has 1 aromatic carbocycles. The fourth-order valence-electron chi connectivity index (χ4n) is 1.62. The van der Waals surface area contributed by atoms with Crippen molar-refractivity contribution in [1.29, 1.82) is 0 Å². The molecule has 0 fully saturated rings. The van der Waals surface area contributed by atoms with Gasteiger partial charge in [0.15, 0.2) is 0 Å². The summed E-state index contributed by atoms with van der Waals surface area (Å²) in [6, 6.07) is 8.02. The number of aromatic nitrogens is 1. The van der Waals surface area contributed by atoms with Crippen molar-refractivity contribution in [3.05, 3.63) is 46.6 Å². The average molecular weight is 372 g/mol. The number of anilines is 1. The van der Waals surface area contributed by atoms with E-state index in [2.05, 4.69) is 25.6 Å². The van der Waals surface area contributed by atoms with Gasteiger partial charge in [-0.1, -0.05) is 6.07 Å². The molecule has 1 aromatic heterocycles. The normalized spacial score (nSPS) is 11.3. The van der Waals surface area contributed by atoms with Crippen LogP contribution in [-0.4, -0.2) is 20.5 Å². The van der Waals surface area contributed by atoms with Crippen molar-refractivity contribution in [2.24, 2.45) is 0 Å². The fraction of sp³-hybridized carbons (Fsp3) is 0.154. The Kier molecular flexibility index (Phi) is 4.81. The molecular weight excluding hydrogens is 358 g/mol. The Morgan fingerprint density at radius 3 is 2.71 bits per heavy atom. The highest BCUT2D eigenvalue weighted by atomic mass is 79.9. The molecule has 8 heteroatoms. The lowest BCUT2D eigenvalue weighted by Gasteiger charge is -2.09. The average Bonchev–Trinajstić information content (AvgIpc) is 2.48. The van der Waals surface area contributed by atoms with E-state index in [-0.39, 0.29) is 11.4 Å². The van der Waals surface area contributed by atoms with Gasteiger partial charge < -0.3 is 10.5 Å². The number of ether oxygens (including phenoxy) is 1. The molecule has 0 unspecified atom stereocenters. The van der Waals surface area contributed by atoms with Gasteiger partial charge in [0.2, 0.25) is 15.9 Å². The number of hydrogen-bond acceptors (Lipinski definition) is 5. The first-order chi connectivity index (χ1) is 9.92. The maximum absolute atomic E-state index is 12.3. The quantitative estimate of drug-likeness (QED) is 0.782. The van der Waals surface area contributed by atoms with Gasteiger partial charge >= 0.3 is 0 Å². The van der Waals surface area contributed by atoms with Gasteiger partial charge in [0.05, 0.1) is 12.0 Å². The van der Waals surface area contributed by atoms with Crippen molar-refractivity contribution in [3.8, 4) is 5.88 Å². The Morgan fingerprint density at radius 1 is 1.33 bits per heavy atom. The standard InChI is InChI=1S/C13H14BrN3O3S/c1-20-13-5-2-9(7-16-13)8-17-21(18,19)12-6-10(15)3-4-11(12)14/h2-7,17H,8,15H2,1H3. The van der Waals surface area contributed by atoms with Gasteiger partial charge in [-0.3, -0.25) is 0 Å². The van der Waals surface area contributed by atoms with Crippen LogP contribution in [0.2, 0.25) is 0 Å². The Morgan fingerprint density at radius 2 is 2.10 bits per heavy atom. The Hall–Kier alpha value is -1.64. The van der Waals surface area contributed by atoms with Gasteiger partial charge in [0.1, 0.15) is 0 Å². The maximum Gasteiger partial charge on any atom is 0.242 e. The van der Waals surface area contributed by atoms with Crippen LogP contribution < -0.4 is 15.2 Å². The molecule has 112 valence electrons. The molecule has 0 aliphatic heterocycles. The molecule has 21 heavy (non-hydrogen) atoms. The first-order valence-corrected chi connectivity index (χ1v) is 8.23. The van der Waals surface area contributed by atoms with Crippen LogP contribution in [0, 0.1) is 0 Å². The van der Waals surface area contributed by atoms with E-state index in [1.807, 2.05) is 0 Å². The van der Waals surface area contributed by atoms with Gasteiger partial charge in [0.25, 0.3) is 0 Å². The predicted molar refractivity (Wildman–Crippen MR) is 83.4 cm³/mol. The largest absolute Gasteiger partial charge is 0.481 e.